The average Bonchev–Trinajstić information content (AvgIpc) is 2.91. The van der Waals surface area contributed by atoms with E-state index in [2.05, 4.69) is 41.5 Å². The number of benzene rings is 1. The minimum atomic E-state index is -0.487. The number of aryl methyl sites for hydroxylation is 2. The zero-order chi connectivity index (χ0) is 16.4. The number of aromatic nitrogens is 4. The third kappa shape index (κ3) is 3.42. The summed E-state index contributed by atoms with van der Waals surface area (Å²) in [6.45, 7) is 3.74. The van der Waals surface area contributed by atoms with E-state index in [0.29, 0.717) is 5.78 Å². The number of nitrogens with one attached hydrogen (secondary N) is 1. The molecule has 0 saturated carbocycles. The molecule has 0 aliphatic carbocycles. The van der Waals surface area contributed by atoms with Crippen molar-refractivity contribution in [2.24, 2.45) is 5.10 Å². The van der Waals surface area contributed by atoms with E-state index in [-0.39, 0.29) is 5.82 Å². The number of amides is 1. The van der Waals surface area contributed by atoms with Gasteiger partial charge in [0.05, 0.1) is 6.21 Å². The molecule has 0 unspecified atom stereocenters. The number of halogens is 1. The summed E-state index contributed by atoms with van der Waals surface area (Å²) in [4.78, 5) is 20.4. The normalized spacial score (nSPS) is 11.3. The molecule has 0 spiro atoms. The van der Waals surface area contributed by atoms with Crippen molar-refractivity contribution in [1.82, 2.24) is 25.0 Å². The molecule has 2 heterocycles. The highest BCUT2D eigenvalue weighted by atomic mass is 79.9. The van der Waals surface area contributed by atoms with Gasteiger partial charge < -0.3 is 0 Å². The Kier molecular flexibility index (Phi) is 4.16. The monoisotopic (exact) mass is 372 g/mol. The fourth-order valence-corrected chi connectivity index (χ4v) is 2.48. The second kappa shape index (κ2) is 6.25. The van der Waals surface area contributed by atoms with Crippen LogP contribution in [-0.4, -0.2) is 31.7 Å². The van der Waals surface area contributed by atoms with E-state index in [9.17, 15) is 4.79 Å². The molecule has 3 rings (SSSR count). The van der Waals surface area contributed by atoms with E-state index < -0.39 is 5.91 Å². The Morgan fingerprint density at radius 1 is 1.30 bits per heavy atom. The Morgan fingerprint density at radius 3 is 2.91 bits per heavy atom. The second-order valence-corrected chi connectivity index (χ2v) is 5.86. The second-order valence-electron chi connectivity index (χ2n) is 4.94. The largest absolute Gasteiger partial charge is 0.311 e. The first-order valence-corrected chi connectivity index (χ1v) is 7.62. The molecule has 0 saturated heterocycles. The van der Waals surface area contributed by atoms with Crippen molar-refractivity contribution in [3.63, 3.8) is 0 Å². The number of fused-ring (bicyclic) bond motifs is 1. The van der Waals surface area contributed by atoms with E-state index in [4.69, 9.17) is 0 Å². The fraction of sp³-hybridized carbons (Fsp3) is 0.133. The Labute approximate surface area is 140 Å². The lowest BCUT2D eigenvalue weighted by Crippen LogP contribution is -2.19. The van der Waals surface area contributed by atoms with Gasteiger partial charge in [-0.25, -0.2) is 14.9 Å². The van der Waals surface area contributed by atoms with Crippen LogP contribution >= 0.6 is 15.9 Å². The predicted molar refractivity (Wildman–Crippen MR) is 89.5 cm³/mol. The average molecular weight is 373 g/mol. The van der Waals surface area contributed by atoms with Crippen LogP contribution in [0.2, 0.25) is 0 Å². The van der Waals surface area contributed by atoms with Crippen molar-refractivity contribution >= 4 is 33.8 Å². The molecule has 1 N–H and O–H groups in total. The van der Waals surface area contributed by atoms with Gasteiger partial charge in [-0.15, -0.1) is 5.10 Å². The van der Waals surface area contributed by atoms with E-state index in [1.54, 1.807) is 6.21 Å². The Morgan fingerprint density at radius 2 is 2.13 bits per heavy atom. The van der Waals surface area contributed by atoms with Gasteiger partial charge in [0.25, 0.3) is 5.78 Å². The third-order valence-corrected chi connectivity index (χ3v) is 3.54. The van der Waals surface area contributed by atoms with Gasteiger partial charge in [0, 0.05) is 15.9 Å². The van der Waals surface area contributed by atoms with Crippen molar-refractivity contribution < 1.29 is 4.79 Å². The first-order valence-electron chi connectivity index (χ1n) is 6.83. The molecular weight excluding hydrogens is 360 g/mol. The fourth-order valence-electron chi connectivity index (χ4n) is 2.06. The first kappa shape index (κ1) is 15.3. The van der Waals surface area contributed by atoms with Gasteiger partial charge in [-0.2, -0.15) is 10.1 Å². The molecule has 0 aliphatic heterocycles. The SMILES string of the molecule is Cc1cc(C)n2nc(C(=O)N/N=C\c3cccc(Br)c3)nc2n1. The number of rotatable bonds is 3. The summed E-state index contributed by atoms with van der Waals surface area (Å²) in [5.74, 6) is -0.0694. The molecule has 0 atom stereocenters. The first-order chi connectivity index (χ1) is 11.0. The van der Waals surface area contributed by atoms with Gasteiger partial charge in [-0.3, -0.25) is 4.79 Å². The highest BCUT2D eigenvalue weighted by Gasteiger charge is 2.14. The Balaban J connectivity index is 1.77. The number of nitrogens with zero attached hydrogens (tertiary/aromatic N) is 5. The number of hydrogen-bond donors (Lipinski definition) is 1. The maximum absolute atomic E-state index is 12.1. The molecule has 8 heteroatoms. The lowest BCUT2D eigenvalue weighted by molar-refractivity contribution is 0.0945. The zero-order valence-electron chi connectivity index (χ0n) is 12.5. The molecule has 0 fully saturated rings. The lowest BCUT2D eigenvalue weighted by Gasteiger charge is -1.97. The van der Waals surface area contributed by atoms with Crippen LogP contribution in [0.5, 0.6) is 0 Å². The van der Waals surface area contributed by atoms with E-state index >= 15 is 0 Å². The van der Waals surface area contributed by atoms with Gasteiger partial charge in [0.15, 0.2) is 0 Å². The molecule has 1 amide bonds. The van der Waals surface area contributed by atoms with E-state index in [1.165, 1.54) is 4.52 Å². The van der Waals surface area contributed by atoms with Crippen molar-refractivity contribution in [2.75, 3.05) is 0 Å². The van der Waals surface area contributed by atoms with Crippen LogP contribution in [0.4, 0.5) is 0 Å². The van der Waals surface area contributed by atoms with Crippen molar-refractivity contribution in [1.29, 1.82) is 0 Å². The van der Waals surface area contributed by atoms with Crippen molar-refractivity contribution in [3.8, 4) is 0 Å². The van der Waals surface area contributed by atoms with Crippen LogP contribution in [0, 0.1) is 13.8 Å². The van der Waals surface area contributed by atoms with Gasteiger partial charge in [0.2, 0.25) is 5.82 Å². The maximum Gasteiger partial charge on any atom is 0.311 e. The maximum atomic E-state index is 12.1. The number of hydrogen-bond acceptors (Lipinski definition) is 5. The molecule has 7 nitrogen and oxygen atoms in total. The lowest BCUT2D eigenvalue weighted by atomic mass is 10.2. The standard InChI is InChI=1S/C15H13BrN6O/c1-9-6-10(2)22-15(18-9)19-13(21-22)14(23)20-17-8-11-4-3-5-12(16)7-11/h3-8H,1-2H3,(H,20,23)/b17-8-. The summed E-state index contributed by atoms with van der Waals surface area (Å²) in [6.07, 6.45) is 1.55. The number of carbonyl (C=O) groups excluding carboxylic acids is 1. The van der Waals surface area contributed by atoms with Crippen LogP contribution in [0.25, 0.3) is 5.78 Å². The van der Waals surface area contributed by atoms with Crippen LogP contribution in [-0.2, 0) is 0 Å². The number of carbonyl (C=O) groups is 1. The minimum Gasteiger partial charge on any atom is -0.264 e. The van der Waals surface area contributed by atoms with Gasteiger partial charge >= 0.3 is 5.91 Å². The highest BCUT2D eigenvalue weighted by molar-refractivity contribution is 9.10. The third-order valence-electron chi connectivity index (χ3n) is 3.05. The van der Waals surface area contributed by atoms with E-state index in [0.717, 1.165) is 21.4 Å². The van der Waals surface area contributed by atoms with Crippen molar-refractivity contribution in [2.45, 2.75) is 13.8 Å². The van der Waals surface area contributed by atoms with Crippen LogP contribution in [0.3, 0.4) is 0 Å². The summed E-state index contributed by atoms with van der Waals surface area (Å²) in [7, 11) is 0. The number of hydrazone groups is 1. The Bertz CT molecular complexity index is 917. The summed E-state index contributed by atoms with van der Waals surface area (Å²) >= 11 is 3.37. The zero-order valence-corrected chi connectivity index (χ0v) is 14.1. The van der Waals surface area contributed by atoms with Crippen LogP contribution in [0.15, 0.2) is 39.9 Å². The molecule has 23 heavy (non-hydrogen) atoms. The van der Waals surface area contributed by atoms with Crippen LogP contribution in [0.1, 0.15) is 27.6 Å². The topological polar surface area (TPSA) is 84.5 Å². The molecule has 1 aromatic carbocycles. The van der Waals surface area contributed by atoms with Crippen LogP contribution < -0.4 is 5.43 Å². The van der Waals surface area contributed by atoms with E-state index in [1.807, 2.05) is 44.2 Å². The van der Waals surface area contributed by atoms with Gasteiger partial charge in [0.1, 0.15) is 0 Å². The molecule has 116 valence electrons. The molecule has 2 aromatic heterocycles. The predicted octanol–water partition coefficient (Wildman–Crippen LogP) is 2.27. The highest BCUT2D eigenvalue weighted by Crippen LogP contribution is 2.10. The van der Waals surface area contributed by atoms with Gasteiger partial charge in [-0.1, -0.05) is 28.1 Å². The molecule has 3 aromatic rings. The quantitative estimate of drug-likeness (QED) is 0.564. The molecule has 0 radical (unpaired) electrons. The van der Waals surface area contributed by atoms with Crippen molar-refractivity contribution in [3.05, 3.63) is 57.6 Å². The summed E-state index contributed by atoms with van der Waals surface area (Å²) in [6, 6.07) is 9.42. The Hall–Kier alpha value is -2.61. The molecular formula is C15H13BrN6O. The molecule has 0 bridgehead atoms. The smallest absolute Gasteiger partial charge is 0.264 e. The molecule has 0 aliphatic rings. The minimum absolute atomic E-state index is 0.0255. The van der Waals surface area contributed by atoms with Gasteiger partial charge in [-0.05, 0) is 37.6 Å². The summed E-state index contributed by atoms with van der Waals surface area (Å²) in [5, 5.41) is 8.06. The summed E-state index contributed by atoms with van der Waals surface area (Å²) in [5.41, 5.74) is 4.95. The summed E-state index contributed by atoms with van der Waals surface area (Å²) < 4.78 is 2.46.